The minimum absolute atomic E-state index is 0.0909. The smallest absolute Gasteiger partial charge is 0.266 e. The summed E-state index contributed by atoms with van der Waals surface area (Å²) in [5, 5.41) is 5.62. The van der Waals surface area contributed by atoms with Crippen molar-refractivity contribution < 1.29 is 4.79 Å². The number of halogens is 2. The summed E-state index contributed by atoms with van der Waals surface area (Å²) in [7, 11) is 0. The number of likely N-dealkylation sites (N-methyl/N-ethyl adjacent to an activating group) is 1. The first-order chi connectivity index (χ1) is 11.9. The van der Waals surface area contributed by atoms with Gasteiger partial charge in [0.2, 0.25) is 0 Å². The first kappa shape index (κ1) is 18.5. The number of benzene rings is 1. The van der Waals surface area contributed by atoms with Crippen molar-refractivity contribution in [2.75, 3.05) is 6.54 Å². The number of carbonyl (C=O) groups excluding carboxylic acids is 1. The Hall–Kier alpha value is -1.34. The molecular formula is C17H15Cl2N3OS2. The van der Waals surface area contributed by atoms with Crippen LogP contribution in [0, 0.1) is 6.92 Å². The SMILES string of the molecule is CCN1C(=O)/C(=C\c2c(C)nn(Cc3ccccc3Cl)c2Cl)SC1=S. The zero-order valence-electron chi connectivity index (χ0n) is 13.6. The Labute approximate surface area is 165 Å². The molecule has 25 heavy (non-hydrogen) atoms. The van der Waals surface area contributed by atoms with Gasteiger partial charge in [0.15, 0.2) is 0 Å². The Morgan fingerprint density at radius 2 is 2.04 bits per heavy atom. The molecule has 1 aliphatic rings. The molecule has 0 N–H and O–H groups in total. The molecule has 0 radical (unpaired) electrons. The van der Waals surface area contributed by atoms with E-state index in [1.165, 1.54) is 11.8 Å². The molecule has 1 saturated heterocycles. The Morgan fingerprint density at radius 3 is 2.68 bits per heavy atom. The fourth-order valence-corrected chi connectivity index (χ4v) is 4.38. The Kier molecular flexibility index (Phi) is 5.53. The normalized spacial score (nSPS) is 16.3. The number of hydrogen-bond acceptors (Lipinski definition) is 4. The van der Waals surface area contributed by atoms with Crippen LogP contribution in [0.3, 0.4) is 0 Å². The van der Waals surface area contributed by atoms with E-state index in [2.05, 4.69) is 5.10 Å². The van der Waals surface area contributed by atoms with E-state index in [4.69, 9.17) is 35.4 Å². The van der Waals surface area contributed by atoms with Crippen molar-refractivity contribution in [2.45, 2.75) is 20.4 Å². The molecular weight excluding hydrogens is 397 g/mol. The number of nitrogens with zero attached hydrogens (tertiary/aromatic N) is 3. The van der Waals surface area contributed by atoms with Crippen LogP contribution in [0.25, 0.3) is 6.08 Å². The van der Waals surface area contributed by atoms with Gasteiger partial charge in [0.05, 0.1) is 17.1 Å². The maximum atomic E-state index is 12.4. The number of hydrogen-bond donors (Lipinski definition) is 0. The summed E-state index contributed by atoms with van der Waals surface area (Å²) in [5.41, 5.74) is 2.40. The van der Waals surface area contributed by atoms with Crippen LogP contribution in [0.4, 0.5) is 0 Å². The second-order valence-corrected chi connectivity index (χ2v) is 7.91. The lowest BCUT2D eigenvalue weighted by Crippen LogP contribution is -2.27. The Bertz CT molecular complexity index is 892. The van der Waals surface area contributed by atoms with E-state index in [0.29, 0.717) is 32.5 Å². The van der Waals surface area contributed by atoms with Gasteiger partial charge in [-0.3, -0.25) is 9.69 Å². The summed E-state index contributed by atoms with van der Waals surface area (Å²) in [5.74, 6) is -0.0909. The highest BCUT2D eigenvalue weighted by Crippen LogP contribution is 2.34. The third-order valence-electron chi connectivity index (χ3n) is 3.85. The van der Waals surface area contributed by atoms with Crippen molar-refractivity contribution in [1.82, 2.24) is 14.7 Å². The van der Waals surface area contributed by atoms with Crippen LogP contribution >= 0.6 is 47.2 Å². The largest absolute Gasteiger partial charge is 0.293 e. The second-order valence-electron chi connectivity index (χ2n) is 5.46. The van der Waals surface area contributed by atoms with E-state index < -0.39 is 0 Å². The molecule has 0 atom stereocenters. The van der Waals surface area contributed by atoms with Crippen molar-refractivity contribution >= 4 is 63.5 Å². The van der Waals surface area contributed by atoms with Crippen molar-refractivity contribution in [3.8, 4) is 0 Å². The van der Waals surface area contributed by atoms with Crippen LogP contribution in [-0.2, 0) is 11.3 Å². The van der Waals surface area contributed by atoms with E-state index >= 15 is 0 Å². The molecule has 0 unspecified atom stereocenters. The third kappa shape index (κ3) is 3.62. The minimum Gasteiger partial charge on any atom is -0.293 e. The van der Waals surface area contributed by atoms with Crippen molar-refractivity contribution in [3.63, 3.8) is 0 Å². The molecule has 2 aromatic rings. The number of rotatable bonds is 4. The lowest BCUT2D eigenvalue weighted by atomic mass is 10.2. The zero-order valence-corrected chi connectivity index (χ0v) is 16.8. The molecule has 0 spiro atoms. The number of thiocarbonyl (C=S) groups is 1. The highest BCUT2D eigenvalue weighted by Gasteiger charge is 2.31. The molecule has 1 amide bonds. The van der Waals surface area contributed by atoms with Crippen LogP contribution in [0.15, 0.2) is 29.2 Å². The predicted molar refractivity (Wildman–Crippen MR) is 108 cm³/mol. The number of aromatic nitrogens is 2. The van der Waals surface area contributed by atoms with Crippen LogP contribution in [0.1, 0.15) is 23.7 Å². The van der Waals surface area contributed by atoms with Gasteiger partial charge >= 0.3 is 0 Å². The number of carbonyl (C=O) groups is 1. The Morgan fingerprint density at radius 1 is 1.32 bits per heavy atom. The topological polar surface area (TPSA) is 38.1 Å². The summed E-state index contributed by atoms with van der Waals surface area (Å²) in [6.07, 6.45) is 1.77. The molecule has 130 valence electrons. The lowest BCUT2D eigenvalue weighted by Gasteiger charge is -2.09. The highest BCUT2D eigenvalue weighted by molar-refractivity contribution is 8.26. The molecule has 0 saturated carbocycles. The fraction of sp³-hybridized carbons (Fsp3) is 0.235. The van der Waals surface area contributed by atoms with Gasteiger partial charge in [-0.1, -0.05) is 65.4 Å². The molecule has 1 aliphatic heterocycles. The molecule has 1 aromatic carbocycles. The summed E-state index contributed by atoms with van der Waals surface area (Å²) >= 11 is 19.3. The van der Waals surface area contributed by atoms with E-state index in [-0.39, 0.29) is 5.91 Å². The van der Waals surface area contributed by atoms with Crippen LogP contribution in [0.5, 0.6) is 0 Å². The number of amides is 1. The van der Waals surface area contributed by atoms with Gasteiger partial charge < -0.3 is 0 Å². The predicted octanol–water partition coefficient (Wildman–Crippen LogP) is 4.77. The quantitative estimate of drug-likeness (QED) is 0.536. The molecule has 4 nitrogen and oxygen atoms in total. The van der Waals surface area contributed by atoms with E-state index in [1.807, 2.05) is 38.1 Å². The van der Waals surface area contributed by atoms with Gasteiger partial charge in [-0.05, 0) is 31.6 Å². The Balaban J connectivity index is 1.93. The standard InChI is InChI=1S/C17H15Cl2N3OS2/c1-3-21-16(23)14(25-17(21)24)8-12-10(2)20-22(15(12)19)9-11-6-4-5-7-13(11)18/h4-8H,3,9H2,1-2H3/b14-8+. The van der Waals surface area contributed by atoms with E-state index in [9.17, 15) is 4.79 Å². The first-order valence-electron chi connectivity index (χ1n) is 7.64. The summed E-state index contributed by atoms with van der Waals surface area (Å²) in [6, 6.07) is 7.56. The van der Waals surface area contributed by atoms with Gasteiger partial charge in [-0.2, -0.15) is 5.10 Å². The van der Waals surface area contributed by atoms with Gasteiger partial charge in [-0.25, -0.2) is 4.68 Å². The second kappa shape index (κ2) is 7.50. The van der Waals surface area contributed by atoms with Crippen molar-refractivity contribution in [2.24, 2.45) is 0 Å². The number of aryl methyl sites for hydroxylation is 1. The molecule has 8 heteroatoms. The maximum Gasteiger partial charge on any atom is 0.266 e. The zero-order chi connectivity index (χ0) is 18.1. The van der Waals surface area contributed by atoms with Gasteiger partial charge in [0, 0.05) is 17.1 Å². The molecule has 3 rings (SSSR count). The van der Waals surface area contributed by atoms with Crippen LogP contribution in [-0.4, -0.2) is 31.5 Å². The van der Waals surface area contributed by atoms with Gasteiger partial charge in [0.25, 0.3) is 5.91 Å². The summed E-state index contributed by atoms with van der Waals surface area (Å²) < 4.78 is 2.25. The summed E-state index contributed by atoms with van der Waals surface area (Å²) in [6.45, 7) is 4.78. The third-order valence-corrected chi connectivity index (χ3v) is 6.00. The van der Waals surface area contributed by atoms with E-state index in [0.717, 1.165) is 16.8 Å². The molecule has 1 aromatic heterocycles. The van der Waals surface area contributed by atoms with Crippen molar-refractivity contribution in [1.29, 1.82) is 0 Å². The molecule has 2 heterocycles. The van der Waals surface area contributed by atoms with Gasteiger partial charge in [-0.15, -0.1) is 0 Å². The molecule has 0 aliphatic carbocycles. The first-order valence-corrected chi connectivity index (χ1v) is 9.62. The van der Waals surface area contributed by atoms with Gasteiger partial charge in [0.1, 0.15) is 9.47 Å². The number of thioether (sulfide) groups is 1. The average molecular weight is 412 g/mol. The molecule has 0 bridgehead atoms. The molecule has 1 fully saturated rings. The fourth-order valence-electron chi connectivity index (χ4n) is 2.53. The highest BCUT2D eigenvalue weighted by atomic mass is 35.5. The van der Waals surface area contributed by atoms with Crippen LogP contribution in [0.2, 0.25) is 10.2 Å². The monoisotopic (exact) mass is 411 g/mol. The van der Waals surface area contributed by atoms with E-state index in [1.54, 1.807) is 15.7 Å². The minimum atomic E-state index is -0.0909. The van der Waals surface area contributed by atoms with Crippen LogP contribution < -0.4 is 0 Å². The lowest BCUT2D eigenvalue weighted by molar-refractivity contribution is -0.121. The summed E-state index contributed by atoms with van der Waals surface area (Å²) in [4.78, 5) is 14.5. The maximum absolute atomic E-state index is 12.4. The van der Waals surface area contributed by atoms with Crippen molar-refractivity contribution in [3.05, 3.63) is 56.2 Å². The average Bonchev–Trinajstić information content (AvgIpc) is 3.00.